The Hall–Kier alpha value is -1.10. The summed E-state index contributed by atoms with van der Waals surface area (Å²) in [7, 11) is 1.53. The molecule has 110 valence electrons. The van der Waals surface area contributed by atoms with Crippen LogP contribution in [-0.4, -0.2) is 49.6 Å². The summed E-state index contributed by atoms with van der Waals surface area (Å²) in [5.74, 6) is 0.135. The highest BCUT2D eigenvalue weighted by atomic mass is 16.5. The molecule has 1 fully saturated rings. The van der Waals surface area contributed by atoms with Gasteiger partial charge in [0, 0.05) is 32.7 Å². The van der Waals surface area contributed by atoms with Crippen LogP contribution in [0.15, 0.2) is 0 Å². The minimum Gasteiger partial charge on any atom is -0.375 e. The summed E-state index contributed by atoms with van der Waals surface area (Å²) in [6.45, 7) is 7.70. The van der Waals surface area contributed by atoms with E-state index in [4.69, 9.17) is 4.74 Å². The van der Waals surface area contributed by atoms with Crippen LogP contribution in [0.3, 0.4) is 0 Å². The summed E-state index contributed by atoms with van der Waals surface area (Å²) < 4.78 is 4.84. The minimum absolute atomic E-state index is 0.0131. The molecule has 1 aliphatic rings. The summed E-state index contributed by atoms with van der Waals surface area (Å²) >= 11 is 0. The van der Waals surface area contributed by atoms with Crippen molar-refractivity contribution >= 4 is 11.8 Å². The number of amides is 2. The number of carbonyl (C=O) groups is 2. The maximum atomic E-state index is 11.8. The molecule has 0 aliphatic carbocycles. The van der Waals surface area contributed by atoms with Crippen LogP contribution in [0.1, 0.15) is 40.0 Å². The fourth-order valence-corrected chi connectivity index (χ4v) is 2.25. The Morgan fingerprint density at radius 1 is 1.26 bits per heavy atom. The van der Waals surface area contributed by atoms with Gasteiger partial charge in [-0.15, -0.1) is 0 Å². The lowest BCUT2D eigenvalue weighted by molar-refractivity contribution is -0.136. The van der Waals surface area contributed by atoms with E-state index in [1.165, 1.54) is 7.11 Å². The first-order valence-electron chi connectivity index (χ1n) is 6.88. The Kier molecular flexibility index (Phi) is 5.79. The third-order valence-electron chi connectivity index (χ3n) is 3.17. The molecule has 1 heterocycles. The fourth-order valence-electron chi connectivity index (χ4n) is 2.25. The second-order valence-electron chi connectivity index (χ2n) is 6.39. The maximum absolute atomic E-state index is 11.8. The molecule has 0 spiro atoms. The average molecular weight is 270 g/mol. The zero-order chi connectivity index (χ0) is 14.5. The Labute approximate surface area is 115 Å². The lowest BCUT2D eigenvalue weighted by Crippen LogP contribution is -2.47. The number of likely N-dealkylation sites (tertiary alicyclic amines) is 1. The van der Waals surface area contributed by atoms with Crippen molar-refractivity contribution in [3.63, 3.8) is 0 Å². The normalized spacial score (nSPS) is 17.4. The number of piperidine rings is 1. The van der Waals surface area contributed by atoms with Gasteiger partial charge in [0.05, 0.1) is 0 Å². The van der Waals surface area contributed by atoms with E-state index in [-0.39, 0.29) is 29.9 Å². The average Bonchev–Trinajstić information content (AvgIpc) is 2.27. The van der Waals surface area contributed by atoms with Crippen molar-refractivity contribution in [1.82, 2.24) is 10.2 Å². The highest BCUT2D eigenvalue weighted by molar-refractivity contribution is 5.78. The molecule has 0 aromatic heterocycles. The van der Waals surface area contributed by atoms with E-state index < -0.39 is 0 Å². The second-order valence-corrected chi connectivity index (χ2v) is 6.39. The van der Waals surface area contributed by atoms with Crippen LogP contribution < -0.4 is 5.32 Å². The van der Waals surface area contributed by atoms with E-state index >= 15 is 0 Å². The molecule has 1 saturated heterocycles. The molecule has 0 atom stereocenters. The van der Waals surface area contributed by atoms with Crippen LogP contribution in [0, 0.1) is 5.41 Å². The molecule has 0 saturated carbocycles. The number of methoxy groups -OCH3 is 1. The Bertz CT molecular complexity index is 315. The summed E-state index contributed by atoms with van der Waals surface area (Å²) in [5, 5.41) is 3.06. The predicted octanol–water partition coefficient (Wildman–Crippen LogP) is 1.18. The highest BCUT2D eigenvalue weighted by Crippen LogP contribution is 2.19. The lowest BCUT2D eigenvalue weighted by Gasteiger charge is -2.32. The molecule has 2 amide bonds. The van der Waals surface area contributed by atoms with Crippen molar-refractivity contribution in [3.8, 4) is 0 Å². The molecule has 5 heteroatoms. The number of hydrogen-bond donors (Lipinski definition) is 1. The van der Waals surface area contributed by atoms with Crippen LogP contribution in [0.5, 0.6) is 0 Å². The molecule has 0 radical (unpaired) electrons. The van der Waals surface area contributed by atoms with Crippen molar-refractivity contribution in [2.75, 3.05) is 26.8 Å². The predicted molar refractivity (Wildman–Crippen MR) is 73.7 cm³/mol. The van der Waals surface area contributed by atoms with Crippen molar-refractivity contribution in [3.05, 3.63) is 0 Å². The van der Waals surface area contributed by atoms with Crippen molar-refractivity contribution < 1.29 is 14.3 Å². The molecule has 0 bridgehead atoms. The smallest absolute Gasteiger partial charge is 0.248 e. The monoisotopic (exact) mass is 270 g/mol. The van der Waals surface area contributed by atoms with Crippen LogP contribution in [-0.2, 0) is 14.3 Å². The minimum atomic E-state index is 0.0131. The van der Waals surface area contributed by atoms with Crippen LogP contribution >= 0.6 is 0 Å². The van der Waals surface area contributed by atoms with Gasteiger partial charge in [-0.1, -0.05) is 20.8 Å². The summed E-state index contributed by atoms with van der Waals surface area (Å²) in [5.41, 5.74) is 0.0131. The molecule has 0 unspecified atom stereocenters. The van der Waals surface area contributed by atoms with Gasteiger partial charge in [-0.2, -0.15) is 0 Å². The Balaban J connectivity index is 2.30. The van der Waals surface area contributed by atoms with E-state index in [1.54, 1.807) is 4.90 Å². The van der Waals surface area contributed by atoms with Crippen molar-refractivity contribution in [2.45, 2.75) is 46.1 Å². The van der Waals surface area contributed by atoms with Crippen LogP contribution in [0.25, 0.3) is 0 Å². The molecule has 1 N–H and O–H groups in total. The van der Waals surface area contributed by atoms with Crippen LogP contribution in [0.4, 0.5) is 0 Å². The molecule has 0 aromatic carbocycles. The van der Waals surface area contributed by atoms with Gasteiger partial charge < -0.3 is 15.0 Å². The molecule has 1 aliphatic heterocycles. The Morgan fingerprint density at radius 3 is 2.32 bits per heavy atom. The lowest BCUT2D eigenvalue weighted by atomic mass is 9.91. The first-order valence-corrected chi connectivity index (χ1v) is 6.88. The molecular formula is C14H26N2O3. The number of hydrogen-bond acceptors (Lipinski definition) is 3. The quantitative estimate of drug-likeness (QED) is 0.834. The molecule has 1 rings (SSSR count). The number of rotatable bonds is 4. The van der Waals surface area contributed by atoms with Gasteiger partial charge in [0.25, 0.3) is 0 Å². The van der Waals surface area contributed by atoms with Crippen LogP contribution in [0.2, 0.25) is 0 Å². The van der Waals surface area contributed by atoms with Gasteiger partial charge >= 0.3 is 0 Å². The standard InChI is InChI=1S/C14H26N2O3/c1-14(2,3)9-12(17)15-11-5-7-16(8-6-11)13(18)10-19-4/h11H,5-10H2,1-4H3,(H,15,17). The molecular weight excluding hydrogens is 244 g/mol. The van der Waals surface area contributed by atoms with E-state index in [0.29, 0.717) is 19.5 Å². The third-order valence-corrected chi connectivity index (χ3v) is 3.17. The second kappa shape index (κ2) is 6.89. The van der Waals surface area contributed by atoms with Gasteiger partial charge in [0.1, 0.15) is 6.61 Å². The van der Waals surface area contributed by atoms with E-state index in [1.807, 2.05) is 0 Å². The fraction of sp³-hybridized carbons (Fsp3) is 0.857. The zero-order valence-electron chi connectivity index (χ0n) is 12.5. The summed E-state index contributed by atoms with van der Waals surface area (Å²) in [6.07, 6.45) is 2.19. The molecule has 19 heavy (non-hydrogen) atoms. The summed E-state index contributed by atoms with van der Waals surface area (Å²) in [6, 6.07) is 0.196. The zero-order valence-corrected chi connectivity index (χ0v) is 12.5. The van der Waals surface area contributed by atoms with E-state index in [2.05, 4.69) is 26.1 Å². The van der Waals surface area contributed by atoms with Crippen molar-refractivity contribution in [2.24, 2.45) is 5.41 Å². The maximum Gasteiger partial charge on any atom is 0.248 e. The summed E-state index contributed by atoms with van der Waals surface area (Å²) in [4.78, 5) is 25.3. The van der Waals surface area contributed by atoms with Gasteiger partial charge in [-0.05, 0) is 18.3 Å². The number of nitrogens with one attached hydrogen (secondary N) is 1. The molecule has 5 nitrogen and oxygen atoms in total. The first-order chi connectivity index (χ1) is 8.81. The van der Waals surface area contributed by atoms with Gasteiger partial charge in [-0.3, -0.25) is 9.59 Å². The van der Waals surface area contributed by atoms with E-state index in [0.717, 1.165) is 12.8 Å². The first kappa shape index (κ1) is 16.0. The van der Waals surface area contributed by atoms with Gasteiger partial charge in [0.2, 0.25) is 11.8 Å². The van der Waals surface area contributed by atoms with Crippen molar-refractivity contribution in [1.29, 1.82) is 0 Å². The van der Waals surface area contributed by atoms with E-state index in [9.17, 15) is 9.59 Å². The number of nitrogens with zero attached hydrogens (tertiary/aromatic N) is 1. The SMILES string of the molecule is COCC(=O)N1CCC(NC(=O)CC(C)(C)C)CC1. The number of carbonyl (C=O) groups excluding carboxylic acids is 2. The van der Waals surface area contributed by atoms with Gasteiger partial charge in [-0.25, -0.2) is 0 Å². The number of ether oxygens (including phenoxy) is 1. The topological polar surface area (TPSA) is 58.6 Å². The molecule has 0 aromatic rings. The third kappa shape index (κ3) is 6.05. The largest absolute Gasteiger partial charge is 0.375 e. The van der Waals surface area contributed by atoms with Gasteiger partial charge in [0.15, 0.2) is 0 Å². The highest BCUT2D eigenvalue weighted by Gasteiger charge is 2.24. The Morgan fingerprint density at radius 2 is 1.84 bits per heavy atom.